The van der Waals surface area contributed by atoms with Crippen molar-refractivity contribution in [3.8, 4) is 0 Å². The molecule has 0 saturated heterocycles. The third kappa shape index (κ3) is 2.03. The average molecular weight is 264 g/mol. The molecule has 0 radical (unpaired) electrons. The number of benzene rings is 2. The van der Waals surface area contributed by atoms with Gasteiger partial charge in [0.1, 0.15) is 5.76 Å². The smallest absolute Gasteiger partial charge is 0.160 e. The second kappa shape index (κ2) is 4.97. The standard InChI is InChI=1S/C18H16O2/c1-12(19)17-16(13-7-3-2-4-8-13)11-14-9-5-6-10-15(14)18(17)20/h2-10,16,20H,11H2,1H3/t16-/m0/s1. The topological polar surface area (TPSA) is 37.3 Å². The van der Waals surface area contributed by atoms with Gasteiger partial charge in [-0.15, -0.1) is 0 Å². The summed E-state index contributed by atoms with van der Waals surface area (Å²) in [5.41, 5.74) is 3.46. The van der Waals surface area contributed by atoms with Crippen LogP contribution in [0.5, 0.6) is 0 Å². The highest BCUT2D eigenvalue weighted by Crippen LogP contribution is 2.39. The first-order valence-corrected chi connectivity index (χ1v) is 6.75. The van der Waals surface area contributed by atoms with E-state index in [4.69, 9.17) is 0 Å². The highest BCUT2D eigenvalue weighted by atomic mass is 16.3. The van der Waals surface area contributed by atoms with Gasteiger partial charge in [-0.05, 0) is 24.5 Å². The Labute approximate surface area is 118 Å². The largest absolute Gasteiger partial charge is 0.507 e. The van der Waals surface area contributed by atoms with E-state index >= 15 is 0 Å². The van der Waals surface area contributed by atoms with Gasteiger partial charge >= 0.3 is 0 Å². The number of aliphatic hydroxyl groups is 1. The Balaban J connectivity index is 2.18. The molecule has 2 aromatic carbocycles. The minimum Gasteiger partial charge on any atom is -0.507 e. The number of allylic oxidation sites excluding steroid dienone is 1. The zero-order chi connectivity index (χ0) is 14.1. The molecule has 1 N–H and O–H groups in total. The van der Waals surface area contributed by atoms with E-state index in [9.17, 15) is 9.90 Å². The van der Waals surface area contributed by atoms with Gasteiger partial charge in [-0.2, -0.15) is 0 Å². The molecular formula is C18H16O2. The molecule has 0 fully saturated rings. The van der Waals surface area contributed by atoms with Crippen molar-refractivity contribution < 1.29 is 9.90 Å². The maximum atomic E-state index is 12.0. The van der Waals surface area contributed by atoms with Gasteiger partial charge in [0.15, 0.2) is 5.78 Å². The molecule has 0 aromatic heterocycles. The Hall–Kier alpha value is -2.35. The highest BCUT2D eigenvalue weighted by Gasteiger charge is 2.30. The van der Waals surface area contributed by atoms with E-state index in [1.807, 2.05) is 54.6 Å². The van der Waals surface area contributed by atoms with Crippen LogP contribution in [0, 0.1) is 0 Å². The summed E-state index contributed by atoms with van der Waals surface area (Å²) in [7, 11) is 0. The molecule has 0 spiro atoms. The lowest BCUT2D eigenvalue weighted by Gasteiger charge is -2.27. The molecule has 2 aromatic rings. The van der Waals surface area contributed by atoms with Crippen LogP contribution in [-0.2, 0) is 11.2 Å². The monoisotopic (exact) mass is 264 g/mol. The number of Topliss-reactive ketones (excluding diaryl/α,β-unsaturated/α-hetero) is 1. The number of fused-ring (bicyclic) bond motifs is 1. The minimum absolute atomic E-state index is 0.0640. The number of rotatable bonds is 2. The van der Waals surface area contributed by atoms with Gasteiger partial charge in [-0.25, -0.2) is 0 Å². The summed E-state index contributed by atoms with van der Waals surface area (Å²) in [4.78, 5) is 12.0. The fraction of sp³-hybridized carbons (Fsp3) is 0.167. The SMILES string of the molecule is CC(=O)C1=C(O)c2ccccc2C[C@H]1c1ccccc1. The molecule has 0 saturated carbocycles. The fourth-order valence-electron chi connectivity index (χ4n) is 2.94. The number of aliphatic hydroxyl groups excluding tert-OH is 1. The van der Waals surface area contributed by atoms with Gasteiger partial charge in [0.05, 0.1) is 0 Å². The van der Waals surface area contributed by atoms with Gasteiger partial charge < -0.3 is 5.11 Å². The van der Waals surface area contributed by atoms with E-state index in [0.29, 0.717) is 5.57 Å². The van der Waals surface area contributed by atoms with Crippen molar-refractivity contribution in [3.63, 3.8) is 0 Å². The van der Waals surface area contributed by atoms with Crippen molar-refractivity contribution in [3.05, 3.63) is 76.9 Å². The second-order valence-electron chi connectivity index (χ2n) is 5.14. The van der Waals surface area contributed by atoms with Crippen molar-refractivity contribution in [2.75, 3.05) is 0 Å². The van der Waals surface area contributed by atoms with Gasteiger partial charge in [-0.1, -0.05) is 54.6 Å². The van der Waals surface area contributed by atoms with Crippen molar-refractivity contribution in [2.45, 2.75) is 19.3 Å². The molecule has 2 heteroatoms. The summed E-state index contributed by atoms with van der Waals surface area (Å²) in [6.45, 7) is 1.52. The first kappa shape index (κ1) is 12.7. The summed E-state index contributed by atoms with van der Waals surface area (Å²) >= 11 is 0. The normalized spacial score (nSPS) is 17.8. The lowest BCUT2D eigenvalue weighted by Crippen LogP contribution is -2.19. The number of ketones is 1. The van der Waals surface area contributed by atoms with Crippen LogP contribution < -0.4 is 0 Å². The summed E-state index contributed by atoms with van der Waals surface area (Å²) < 4.78 is 0. The van der Waals surface area contributed by atoms with Crippen molar-refractivity contribution >= 4 is 11.5 Å². The zero-order valence-corrected chi connectivity index (χ0v) is 11.3. The van der Waals surface area contributed by atoms with E-state index in [1.165, 1.54) is 6.92 Å². The van der Waals surface area contributed by atoms with Crippen LogP contribution in [0.3, 0.4) is 0 Å². The Morgan fingerprint density at radius 3 is 2.40 bits per heavy atom. The quantitative estimate of drug-likeness (QED) is 0.893. The lowest BCUT2D eigenvalue weighted by molar-refractivity contribution is -0.113. The summed E-state index contributed by atoms with van der Waals surface area (Å²) in [5, 5.41) is 10.5. The predicted octanol–water partition coefficient (Wildman–Crippen LogP) is 3.88. The van der Waals surface area contributed by atoms with E-state index in [0.717, 1.165) is 23.1 Å². The minimum atomic E-state index is -0.0661. The number of carbonyl (C=O) groups excluding carboxylic acids is 1. The fourth-order valence-corrected chi connectivity index (χ4v) is 2.94. The Morgan fingerprint density at radius 1 is 1.05 bits per heavy atom. The molecule has 0 unspecified atom stereocenters. The molecule has 0 bridgehead atoms. The Bertz CT molecular complexity index is 684. The zero-order valence-electron chi connectivity index (χ0n) is 11.3. The summed E-state index contributed by atoms with van der Waals surface area (Å²) in [5.74, 6) is 0.00246. The maximum absolute atomic E-state index is 12.0. The van der Waals surface area contributed by atoms with Crippen LogP contribution in [0.25, 0.3) is 5.76 Å². The second-order valence-corrected chi connectivity index (χ2v) is 5.14. The van der Waals surface area contributed by atoms with Crippen LogP contribution in [0.15, 0.2) is 60.2 Å². The molecular weight excluding hydrogens is 248 g/mol. The van der Waals surface area contributed by atoms with Crippen molar-refractivity contribution in [1.29, 1.82) is 0 Å². The van der Waals surface area contributed by atoms with Gasteiger partial charge in [-0.3, -0.25) is 4.79 Å². The molecule has 1 aliphatic rings. The predicted molar refractivity (Wildman–Crippen MR) is 79.6 cm³/mol. The van der Waals surface area contributed by atoms with E-state index in [-0.39, 0.29) is 17.5 Å². The van der Waals surface area contributed by atoms with Gasteiger partial charge in [0.2, 0.25) is 0 Å². The Kier molecular flexibility index (Phi) is 3.15. The van der Waals surface area contributed by atoms with Crippen LogP contribution in [-0.4, -0.2) is 10.9 Å². The lowest BCUT2D eigenvalue weighted by atomic mass is 9.77. The van der Waals surface area contributed by atoms with Crippen molar-refractivity contribution in [1.82, 2.24) is 0 Å². The number of hydrogen-bond donors (Lipinski definition) is 1. The Morgan fingerprint density at radius 2 is 1.70 bits per heavy atom. The molecule has 1 atom stereocenters. The molecule has 0 amide bonds. The van der Waals surface area contributed by atoms with E-state index < -0.39 is 0 Å². The number of carbonyl (C=O) groups is 1. The molecule has 3 rings (SSSR count). The van der Waals surface area contributed by atoms with Crippen molar-refractivity contribution in [2.24, 2.45) is 0 Å². The van der Waals surface area contributed by atoms with Crippen LogP contribution >= 0.6 is 0 Å². The molecule has 0 aliphatic heterocycles. The summed E-state index contributed by atoms with van der Waals surface area (Å²) in [6, 6.07) is 17.6. The third-order valence-electron chi connectivity index (χ3n) is 3.88. The maximum Gasteiger partial charge on any atom is 0.160 e. The first-order valence-electron chi connectivity index (χ1n) is 6.75. The van der Waals surface area contributed by atoms with Gasteiger partial charge in [0, 0.05) is 17.1 Å². The van der Waals surface area contributed by atoms with E-state index in [1.54, 1.807) is 0 Å². The van der Waals surface area contributed by atoms with E-state index in [2.05, 4.69) is 0 Å². The number of hydrogen-bond acceptors (Lipinski definition) is 2. The first-order chi connectivity index (χ1) is 9.68. The molecule has 2 nitrogen and oxygen atoms in total. The summed E-state index contributed by atoms with van der Waals surface area (Å²) in [6.07, 6.45) is 0.749. The molecule has 1 aliphatic carbocycles. The molecule has 20 heavy (non-hydrogen) atoms. The van der Waals surface area contributed by atoms with Crippen LogP contribution in [0.4, 0.5) is 0 Å². The van der Waals surface area contributed by atoms with Crippen LogP contribution in [0.1, 0.15) is 29.5 Å². The van der Waals surface area contributed by atoms with Gasteiger partial charge in [0.25, 0.3) is 0 Å². The molecule has 0 heterocycles. The highest BCUT2D eigenvalue weighted by molar-refractivity contribution is 6.02. The average Bonchev–Trinajstić information content (AvgIpc) is 2.47. The molecule has 100 valence electrons. The third-order valence-corrected chi connectivity index (χ3v) is 3.88. The van der Waals surface area contributed by atoms with Crippen LogP contribution in [0.2, 0.25) is 0 Å².